The van der Waals surface area contributed by atoms with Gasteiger partial charge in [0.05, 0.1) is 25.3 Å². The Balaban J connectivity index is 1.69. The lowest BCUT2D eigenvalue weighted by Crippen LogP contribution is -2.56. The number of nitrogens with zero attached hydrogens (tertiary/aromatic N) is 3. The number of aliphatic hydroxyl groups excluding tert-OH is 1. The van der Waals surface area contributed by atoms with Crippen molar-refractivity contribution >= 4 is 22.7 Å². The number of piperidine rings is 1. The van der Waals surface area contributed by atoms with Crippen LogP contribution in [0.1, 0.15) is 47.4 Å². The summed E-state index contributed by atoms with van der Waals surface area (Å²) in [7, 11) is 3.58. The van der Waals surface area contributed by atoms with E-state index in [1.54, 1.807) is 18.9 Å². The van der Waals surface area contributed by atoms with Gasteiger partial charge in [0, 0.05) is 61.7 Å². The summed E-state index contributed by atoms with van der Waals surface area (Å²) in [6.45, 7) is 2.96. The highest BCUT2D eigenvalue weighted by Gasteiger charge is 2.49. The van der Waals surface area contributed by atoms with Crippen molar-refractivity contribution in [2.45, 2.75) is 31.2 Å². The largest absolute Gasteiger partial charge is 0.497 e. The standard InChI is InChI=1S/C27H30FN3O4/c1-17(33)30-12-10-27(11-13-30)16-31(26(34)18-4-6-19(28)7-5-18)23(15-32)25-24(27)21-9-8-20(35-3)14-22(21)29(25)2/h4-9,14,23,32H,10-13,15-16H2,1-3H3/t23-/m0/s1. The Morgan fingerprint density at radius 1 is 1.14 bits per heavy atom. The van der Waals surface area contributed by atoms with Crippen molar-refractivity contribution in [3.8, 4) is 5.75 Å². The van der Waals surface area contributed by atoms with Gasteiger partial charge in [-0.25, -0.2) is 4.39 Å². The quantitative estimate of drug-likeness (QED) is 0.625. The number of aliphatic hydroxyl groups is 1. The Bertz CT molecular complexity index is 1290. The van der Waals surface area contributed by atoms with Crippen LogP contribution in [-0.2, 0) is 17.3 Å². The zero-order chi connectivity index (χ0) is 24.9. The molecule has 0 aliphatic carbocycles. The number of fused-ring (bicyclic) bond motifs is 4. The molecule has 1 fully saturated rings. The van der Waals surface area contributed by atoms with Crippen LogP contribution < -0.4 is 4.74 Å². The molecule has 2 aliphatic rings. The number of aromatic nitrogens is 1. The summed E-state index contributed by atoms with van der Waals surface area (Å²) >= 11 is 0. The third kappa shape index (κ3) is 3.67. The van der Waals surface area contributed by atoms with E-state index >= 15 is 0 Å². The smallest absolute Gasteiger partial charge is 0.254 e. The summed E-state index contributed by atoms with van der Waals surface area (Å²) in [5.41, 5.74) is 3.01. The molecule has 1 atom stereocenters. The van der Waals surface area contributed by atoms with Crippen LogP contribution in [0.3, 0.4) is 0 Å². The zero-order valence-corrected chi connectivity index (χ0v) is 20.3. The average molecular weight is 480 g/mol. The first-order valence-corrected chi connectivity index (χ1v) is 11.9. The molecule has 2 aromatic carbocycles. The third-order valence-corrected chi connectivity index (χ3v) is 7.84. The van der Waals surface area contributed by atoms with Crippen LogP contribution >= 0.6 is 0 Å². The molecule has 35 heavy (non-hydrogen) atoms. The van der Waals surface area contributed by atoms with Gasteiger partial charge in [-0.15, -0.1) is 0 Å². The highest BCUT2D eigenvalue weighted by Crippen LogP contribution is 2.50. The van der Waals surface area contributed by atoms with Crippen molar-refractivity contribution in [1.29, 1.82) is 0 Å². The van der Waals surface area contributed by atoms with E-state index in [0.717, 1.165) is 27.9 Å². The van der Waals surface area contributed by atoms with E-state index in [1.165, 1.54) is 24.3 Å². The van der Waals surface area contributed by atoms with Crippen LogP contribution in [0.5, 0.6) is 5.75 Å². The van der Waals surface area contributed by atoms with Crippen LogP contribution in [-0.4, -0.2) is 64.6 Å². The van der Waals surface area contributed by atoms with E-state index in [-0.39, 0.29) is 23.8 Å². The first kappa shape index (κ1) is 23.4. The fraction of sp³-hybridized carbons (Fsp3) is 0.407. The fourth-order valence-corrected chi connectivity index (χ4v) is 5.99. The highest BCUT2D eigenvalue weighted by molar-refractivity contribution is 5.96. The van der Waals surface area contributed by atoms with E-state index in [0.29, 0.717) is 38.0 Å². The summed E-state index contributed by atoms with van der Waals surface area (Å²) in [6, 6.07) is 10.9. The van der Waals surface area contributed by atoms with Crippen molar-refractivity contribution in [2.24, 2.45) is 7.05 Å². The molecule has 7 nitrogen and oxygen atoms in total. The van der Waals surface area contributed by atoms with Gasteiger partial charge in [0.15, 0.2) is 0 Å². The normalized spacial score (nSPS) is 19.2. The number of methoxy groups -OCH3 is 1. The number of hydrogen-bond acceptors (Lipinski definition) is 4. The monoisotopic (exact) mass is 479 g/mol. The first-order valence-electron chi connectivity index (χ1n) is 11.9. The predicted octanol–water partition coefficient (Wildman–Crippen LogP) is 3.40. The van der Waals surface area contributed by atoms with Crippen LogP contribution in [0.15, 0.2) is 42.5 Å². The minimum atomic E-state index is -0.553. The molecule has 0 radical (unpaired) electrons. The van der Waals surface area contributed by atoms with Gasteiger partial charge in [-0.2, -0.15) is 0 Å². The summed E-state index contributed by atoms with van der Waals surface area (Å²) < 4.78 is 21.1. The van der Waals surface area contributed by atoms with Crippen molar-refractivity contribution in [3.05, 3.63) is 65.1 Å². The molecule has 1 saturated heterocycles. The van der Waals surface area contributed by atoms with Crippen LogP contribution in [0.4, 0.5) is 4.39 Å². The van der Waals surface area contributed by atoms with Crippen molar-refractivity contribution in [3.63, 3.8) is 0 Å². The van der Waals surface area contributed by atoms with E-state index in [4.69, 9.17) is 4.74 Å². The summed E-state index contributed by atoms with van der Waals surface area (Å²) in [5, 5.41) is 11.6. The van der Waals surface area contributed by atoms with E-state index < -0.39 is 11.9 Å². The maximum atomic E-state index is 13.7. The predicted molar refractivity (Wildman–Crippen MR) is 130 cm³/mol. The second kappa shape index (κ2) is 8.68. The minimum absolute atomic E-state index is 0.0472. The zero-order valence-electron chi connectivity index (χ0n) is 20.3. The van der Waals surface area contributed by atoms with Gasteiger partial charge in [0.25, 0.3) is 5.91 Å². The van der Waals surface area contributed by atoms with Gasteiger partial charge in [-0.3, -0.25) is 9.59 Å². The van der Waals surface area contributed by atoms with E-state index in [1.807, 2.05) is 24.1 Å². The fourth-order valence-electron chi connectivity index (χ4n) is 5.99. The van der Waals surface area contributed by atoms with Gasteiger partial charge < -0.3 is 24.2 Å². The van der Waals surface area contributed by atoms with E-state index in [9.17, 15) is 19.1 Å². The molecule has 1 aromatic heterocycles. The maximum Gasteiger partial charge on any atom is 0.254 e. The van der Waals surface area contributed by atoms with Gasteiger partial charge in [0.2, 0.25) is 5.91 Å². The van der Waals surface area contributed by atoms with Crippen molar-refractivity contribution in [2.75, 3.05) is 33.4 Å². The molecule has 8 heteroatoms. The number of carbonyl (C=O) groups excluding carboxylic acids is 2. The van der Waals surface area contributed by atoms with Crippen LogP contribution in [0.25, 0.3) is 10.9 Å². The Hall–Kier alpha value is -3.39. The van der Waals surface area contributed by atoms with E-state index in [2.05, 4.69) is 10.6 Å². The second-order valence-corrected chi connectivity index (χ2v) is 9.63. The molecule has 0 unspecified atom stereocenters. The van der Waals surface area contributed by atoms with Gasteiger partial charge in [0.1, 0.15) is 11.6 Å². The second-order valence-electron chi connectivity index (χ2n) is 9.63. The number of rotatable bonds is 3. The SMILES string of the molecule is COc1ccc2c3c(n(C)c2c1)[C@H](CO)N(C(=O)c1ccc(F)cc1)CC31CCN(C(C)=O)CC1. The van der Waals surface area contributed by atoms with Gasteiger partial charge in [-0.1, -0.05) is 0 Å². The molecule has 184 valence electrons. The molecule has 0 saturated carbocycles. The summed E-state index contributed by atoms with van der Waals surface area (Å²) in [5.74, 6) is 0.129. The molecule has 2 aliphatic heterocycles. The Labute approximate surface area is 203 Å². The number of carbonyl (C=O) groups is 2. The number of aryl methyl sites for hydroxylation is 1. The number of halogens is 1. The molecule has 3 heterocycles. The highest BCUT2D eigenvalue weighted by atomic mass is 19.1. The number of amides is 2. The molecular weight excluding hydrogens is 449 g/mol. The molecule has 3 aromatic rings. The van der Waals surface area contributed by atoms with Crippen molar-refractivity contribution in [1.82, 2.24) is 14.4 Å². The topological polar surface area (TPSA) is 75.0 Å². The summed E-state index contributed by atoms with van der Waals surface area (Å²) in [4.78, 5) is 29.4. The molecule has 5 rings (SSSR count). The van der Waals surface area contributed by atoms with Crippen LogP contribution in [0, 0.1) is 5.82 Å². The number of likely N-dealkylation sites (tertiary alicyclic amines) is 1. The molecule has 1 spiro atoms. The molecular formula is C27H30FN3O4. The number of benzene rings is 2. The lowest BCUT2D eigenvalue weighted by molar-refractivity contribution is -0.130. The maximum absolute atomic E-state index is 13.7. The van der Waals surface area contributed by atoms with Crippen molar-refractivity contribution < 1.29 is 23.8 Å². The Morgan fingerprint density at radius 2 is 1.83 bits per heavy atom. The average Bonchev–Trinajstić information content (AvgIpc) is 3.17. The molecule has 2 amide bonds. The van der Waals surface area contributed by atoms with Gasteiger partial charge in [-0.05, 0) is 54.8 Å². The number of hydrogen-bond donors (Lipinski definition) is 1. The Morgan fingerprint density at radius 3 is 2.43 bits per heavy atom. The Kier molecular flexibility index (Phi) is 5.79. The van der Waals surface area contributed by atoms with Crippen LogP contribution in [0.2, 0.25) is 0 Å². The lowest BCUT2D eigenvalue weighted by Gasteiger charge is -2.50. The molecule has 0 bridgehead atoms. The molecule has 1 N–H and O–H groups in total. The third-order valence-electron chi connectivity index (χ3n) is 7.84. The first-order chi connectivity index (χ1) is 16.8. The van der Waals surface area contributed by atoms with Gasteiger partial charge >= 0.3 is 0 Å². The number of ether oxygens (including phenoxy) is 1. The lowest BCUT2D eigenvalue weighted by atomic mass is 9.68. The summed E-state index contributed by atoms with van der Waals surface area (Å²) in [6.07, 6.45) is 1.41. The minimum Gasteiger partial charge on any atom is -0.497 e.